The first-order valence-corrected chi connectivity index (χ1v) is 6.24. The van der Waals surface area contributed by atoms with E-state index in [1.165, 1.54) is 18.6 Å². The normalized spacial score (nSPS) is 29.8. The molecule has 0 bridgehead atoms. The molecule has 0 heterocycles. The summed E-state index contributed by atoms with van der Waals surface area (Å²) in [5.74, 6) is 1.81. The fraction of sp³-hybridized carbons (Fsp3) is 0.500. The van der Waals surface area contributed by atoms with Crippen molar-refractivity contribution in [1.29, 1.82) is 0 Å². The molecule has 0 aliphatic heterocycles. The van der Waals surface area contributed by atoms with Crippen LogP contribution >= 0.6 is 0 Å². The summed E-state index contributed by atoms with van der Waals surface area (Å²) in [6.07, 6.45) is 3.47. The molecule has 1 N–H and O–H groups in total. The smallest absolute Gasteiger partial charge is 0.223 e. The zero-order valence-electron chi connectivity index (χ0n) is 9.66. The van der Waals surface area contributed by atoms with Crippen molar-refractivity contribution in [3.63, 3.8) is 0 Å². The van der Waals surface area contributed by atoms with Crippen molar-refractivity contribution in [2.45, 2.75) is 25.8 Å². The molecular formula is C14H16FNO. The lowest BCUT2D eigenvalue weighted by atomic mass is 10.0. The molecule has 3 rings (SSSR count). The van der Waals surface area contributed by atoms with E-state index in [4.69, 9.17) is 0 Å². The molecule has 0 aromatic heterocycles. The third-order valence-corrected chi connectivity index (χ3v) is 3.99. The minimum absolute atomic E-state index is 0.168. The van der Waals surface area contributed by atoms with E-state index in [2.05, 4.69) is 5.32 Å². The fourth-order valence-electron chi connectivity index (χ4n) is 2.86. The molecule has 2 nitrogen and oxygen atoms in total. The molecule has 1 aromatic carbocycles. The summed E-state index contributed by atoms with van der Waals surface area (Å²) in [6, 6.07) is 6.27. The number of hydrogen-bond donors (Lipinski definition) is 1. The van der Waals surface area contributed by atoms with E-state index >= 15 is 0 Å². The monoisotopic (exact) mass is 233 g/mol. The van der Waals surface area contributed by atoms with Crippen LogP contribution in [0, 0.1) is 23.6 Å². The van der Waals surface area contributed by atoms with Gasteiger partial charge in [-0.1, -0.05) is 12.1 Å². The van der Waals surface area contributed by atoms with Crippen LogP contribution in [0.5, 0.6) is 0 Å². The second-order valence-electron chi connectivity index (χ2n) is 5.27. The summed E-state index contributed by atoms with van der Waals surface area (Å²) in [6.45, 7) is 0.505. The van der Waals surface area contributed by atoms with Crippen molar-refractivity contribution in [3.8, 4) is 0 Å². The van der Waals surface area contributed by atoms with Crippen molar-refractivity contribution in [2.75, 3.05) is 0 Å². The molecule has 0 radical (unpaired) electrons. The second kappa shape index (κ2) is 4.13. The Balaban J connectivity index is 1.50. The van der Waals surface area contributed by atoms with Crippen molar-refractivity contribution in [2.24, 2.45) is 17.8 Å². The number of nitrogens with one attached hydrogen (secondary N) is 1. The van der Waals surface area contributed by atoms with Gasteiger partial charge in [0, 0.05) is 12.5 Å². The predicted octanol–water partition coefficient (Wildman–Crippen LogP) is 2.49. The van der Waals surface area contributed by atoms with Gasteiger partial charge in [-0.2, -0.15) is 0 Å². The van der Waals surface area contributed by atoms with Crippen molar-refractivity contribution in [3.05, 3.63) is 35.6 Å². The highest BCUT2D eigenvalue weighted by Crippen LogP contribution is 2.54. The van der Waals surface area contributed by atoms with E-state index < -0.39 is 0 Å². The van der Waals surface area contributed by atoms with Crippen molar-refractivity contribution < 1.29 is 9.18 Å². The summed E-state index contributed by atoms with van der Waals surface area (Å²) >= 11 is 0. The van der Waals surface area contributed by atoms with E-state index in [9.17, 15) is 9.18 Å². The predicted molar refractivity (Wildman–Crippen MR) is 62.6 cm³/mol. The largest absolute Gasteiger partial charge is 0.352 e. The summed E-state index contributed by atoms with van der Waals surface area (Å²) < 4.78 is 12.7. The number of halogens is 1. The minimum Gasteiger partial charge on any atom is -0.352 e. The summed E-state index contributed by atoms with van der Waals surface area (Å²) in [5.41, 5.74) is 0.947. The second-order valence-corrected chi connectivity index (χ2v) is 5.27. The third kappa shape index (κ3) is 2.33. The van der Waals surface area contributed by atoms with Gasteiger partial charge in [-0.05, 0) is 48.8 Å². The Labute approximate surface area is 100 Å². The molecule has 2 aliphatic carbocycles. The van der Waals surface area contributed by atoms with E-state index in [0.717, 1.165) is 30.2 Å². The maximum atomic E-state index is 12.7. The fourth-order valence-corrected chi connectivity index (χ4v) is 2.86. The van der Waals surface area contributed by atoms with E-state index in [1.54, 1.807) is 12.1 Å². The van der Waals surface area contributed by atoms with Gasteiger partial charge in [-0.25, -0.2) is 4.39 Å². The Morgan fingerprint density at radius 3 is 2.47 bits per heavy atom. The Bertz CT molecular complexity index is 418. The average molecular weight is 233 g/mol. The summed E-state index contributed by atoms with van der Waals surface area (Å²) in [7, 11) is 0. The standard InChI is InChI=1S/C14H16FNO/c15-13-3-1-9(2-4-13)8-16-14(17)12-6-10-5-11(10)7-12/h1-4,10-12H,5-8H2,(H,16,17). The van der Waals surface area contributed by atoms with Crippen LogP contribution in [0.25, 0.3) is 0 Å². The van der Waals surface area contributed by atoms with Crippen LogP contribution in [0.15, 0.2) is 24.3 Å². The number of hydrogen-bond acceptors (Lipinski definition) is 1. The first-order chi connectivity index (χ1) is 8.22. The van der Waals surface area contributed by atoms with Gasteiger partial charge >= 0.3 is 0 Å². The van der Waals surface area contributed by atoms with Gasteiger partial charge in [-0.3, -0.25) is 4.79 Å². The molecule has 17 heavy (non-hydrogen) atoms. The molecule has 3 heteroatoms. The van der Waals surface area contributed by atoms with E-state index in [0.29, 0.717) is 6.54 Å². The number of rotatable bonds is 3. The topological polar surface area (TPSA) is 29.1 Å². The molecular weight excluding hydrogens is 217 g/mol. The van der Waals surface area contributed by atoms with Gasteiger partial charge in [0.15, 0.2) is 0 Å². The molecule has 2 aliphatic rings. The maximum Gasteiger partial charge on any atom is 0.223 e. The van der Waals surface area contributed by atoms with Crippen LogP contribution < -0.4 is 5.32 Å². The Morgan fingerprint density at radius 1 is 1.18 bits per heavy atom. The molecule has 2 atom stereocenters. The van der Waals surface area contributed by atoms with Crippen molar-refractivity contribution in [1.82, 2.24) is 5.32 Å². The highest BCUT2D eigenvalue weighted by molar-refractivity contribution is 5.79. The lowest BCUT2D eigenvalue weighted by Gasteiger charge is -2.12. The van der Waals surface area contributed by atoms with Crippen LogP contribution in [-0.4, -0.2) is 5.91 Å². The number of benzene rings is 1. The van der Waals surface area contributed by atoms with Gasteiger partial charge in [0.2, 0.25) is 5.91 Å². The van der Waals surface area contributed by atoms with Crippen LogP contribution in [0.1, 0.15) is 24.8 Å². The summed E-state index contributed by atoms with van der Waals surface area (Å²) in [5, 5.41) is 2.94. The molecule has 0 spiro atoms. The lowest BCUT2D eigenvalue weighted by molar-refractivity contribution is -0.125. The molecule has 2 unspecified atom stereocenters. The van der Waals surface area contributed by atoms with Crippen LogP contribution in [0.2, 0.25) is 0 Å². The highest BCUT2D eigenvalue weighted by atomic mass is 19.1. The first kappa shape index (κ1) is 10.8. The Morgan fingerprint density at radius 2 is 1.82 bits per heavy atom. The first-order valence-electron chi connectivity index (χ1n) is 6.24. The number of amides is 1. The number of fused-ring (bicyclic) bond motifs is 1. The molecule has 2 fully saturated rings. The van der Waals surface area contributed by atoms with E-state index in [-0.39, 0.29) is 17.6 Å². The molecule has 1 aromatic rings. The molecule has 1 amide bonds. The van der Waals surface area contributed by atoms with E-state index in [1.807, 2.05) is 0 Å². The van der Waals surface area contributed by atoms with Gasteiger partial charge in [0.25, 0.3) is 0 Å². The average Bonchev–Trinajstić information content (AvgIpc) is 2.95. The van der Waals surface area contributed by atoms with Gasteiger partial charge in [-0.15, -0.1) is 0 Å². The Hall–Kier alpha value is -1.38. The molecule has 0 saturated heterocycles. The van der Waals surface area contributed by atoms with Gasteiger partial charge in [0.05, 0.1) is 0 Å². The zero-order chi connectivity index (χ0) is 11.8. The zero-order valence-corrected chi connectivity index (χ0v) is 9.66. The summed E-state index contributed by atoms with van der Waals surface area (Å²) in [4.78, 5) is 11.9. The minimum atomic E-state index is -0.240. The molecule has 2 saturated carbocycles. The third-order valence-electron chi connectivity index (χ3n) is 3.99. The maximum absolute atomic E-state index is 12.7. The van der Waals surface area contributed by atoms with Gasteiger partial charge in [0.1, 0.15) is 5.82 Å². The molecule has 90 valence electrons. The number of carbonyl (C=O) groups excluding carboxylic acids is 1. The lowest BCUT2D eigenvalue weighted by Crippen LogP contribution is -2.29. The van der Waals surface area contributed by atoms with Crippen LogP contribution in [-0.2, 0) is 11.3 Å². The van der Waals surface area contributed by atoms with Crippen LogP contribution in [0.3, 0.4) is 0 Å². The Kier molecular flexibility index (Phi) is 2.61. The SMILES string of the molecule is O=C(NCc1ccc(F)cc1)C1CC2CC2C1. The van der Waals surface area contributed by atoms with Gasteiger partial charge < -0.3 is 5.32 Å². The quantitative estimate of drug-likeness (QED) is 0.853. The number of carbonyl (C=O) groups is 1. The highest BCUT2D eigenvalue weighted by Gasteiger charge is 2.47. The van der Waals surface area contributed by atoms with Crippen LogP contribution in [0.4, 0.5) is 4.39 Å². The van der Waals surface area contributed by atoms with Crippen molar-refractivity contribution >= 4 is 5.91 Å².